The number of thiophene rings is 1. The first-order valence-electron chi connectivity index (χ1n) is 6.75. The Morgan fingerprint density at radius 3 is 2.86 bits per heavy atom. The topological polar surface area (TPSA) is 64.4 Å². The first-order valence-corrected chi connectivity index (χ1v) is 7.63. The van der Waals surface area contributed by atoms with Crippen LogP contribution in [-0.2, 0) is 11.3 Å². The number of hydrogen-bond acceptors (Lipinski definition) is 5. The van der Waals surface area contributed by atoms with Crippen molar-refractivity contribution in [3.05, 3.63) is 59.6 Å². The first kappa shape index (κ1) is 14.3. The molecule has 0 unspecified atom stereocenters. The lowest BCUT2D eigenvalue weighted by molar-refractivity contribution is -0.123. The molecule has 3 rings (SSSR count). The van der Waals surface area contributed by atoms with Crippen LogP contribution in [0, 0.1) is 0 Å². The summed E-state index contributed by atoms with van der Waals surface area (Å²) in [5.74, 6) is 1.17. The van der Waals surface area contributed by atoms with E-state index in [2.05, 4.69) is 10.5 Å². The van der Waals surface area contributed by atoms with Crippen molar-refractivity contribution in [1.82, 2.24) is 10.5 Å². The minimum absolute atomic E-state index is 0.0281. The van der Waals surface area contributed by atoms with E-state index < -0.39 is 0 Å². The zero-order chi connectivity index (χ0) is 15.2. The molecule has 0 fully saturated rings. The number of aromatic nitrogens is 1. The number of ether oxygens (including phenoxy) is 1. The number of nitrogens with zero attached hydrogens (tertiary/aromatic N) is 1. The molecule has 112 valence electrons. The minimum atomic E-state index is -0.204. The molecule has 22 heavy (non-hydrogen) atoms. The van der Waals surface area contributed by atoms with E-state index >= 15 is 0 Å². The molecule has 1 aromatic carbocycles. The van der Waals surface area contributed by atoms with Gasteiger partial charge in [-0.3, -0.25) is 4.79 Å². The van der Waals surface area contributed by atoms with E-state index in [0.29, 0.717) is 23.7 Å². The van der Waals surface area contributed by atoms with Crippen LogP contribution in [0.5, 0.6) is 5.75 Å². The van der Waals surface area contributed by atoms with Crippen LogP contribution in [0.3, 0.4) is 0 Å². The average Bonchev–Trinajstić information content (AvgIpc) is 3.22. The molecule has 0 spiro atoms. The largest absolute Gasteiger partial charge is 0.484 e. The van der Waals surface area contributed by atoms with Gasteiger partial charge in [0.15, 0.2) is 12.4 Å². The molecule has 6 heteroatoms. The Bertz CT molecular complexity index is 723. The summed E-state index contributed by atoms with van der Waals surface area (Å²) < 4.78 is 10.6. The van der Waals surface area contributed by atoms with Crippen LogP contribution in [0.15, 0.2) is 58.4 Å². The molecular weight excluding hydrogens is 300 g/mol. The first-order chi connectivity index (χ1) is 10.8. The predicted molar refractivity (Wildman–Crippen MR) is 83.6 cm³/mol. The van der Waals surface area contributed by atoms with Gasteiger partial charge in [-0.1, -0.05) is 29.4 Å². The second kappa shape index (κ2) is 6.91. The number of amides is 1. The highest BCUT2D eigenvalue weighted by atomic mass is 32.1. The molecule has 0 aliphatic carbocycles. The van der Waals surface area contributed by atoms with Crippen molar-refractivity contribution in [3.8, 4) is 16.4 Å². The quantitative estimate of drug-likeness (QED) is 0.759. The maximum absolute atomic E-state index is 11.7. The lowest BCUT2D eigenvalue weighted by atomic mass is 10.3. The summed E-state index contributed by atoms with van der Waals surface area (Å²) in [6, 6.07) is 14.9. The van der Waals surface area contributed by atoms with Crippen molar-refractivity contribution in [2.24, 2.45) is 0 Å². The van der Waals surface area contributed by atoms with Gasteiger partial charge in [0.2, 0.25) is 0 Å². The number of carbonyl (C=O) groups is 1. The van der Waals surface area contributed by atoms with Crippen LogP contribution in [0.2, 0.25) is 0 Å². The molecular formula is C16H14N2O3S. The van der Waals surface area contributed by atoms with Crippen LogP contribution < -0.4 is 10.1 Å². The molecule has 0 atom stereocenters. The van der Waals surface area contributed by atoms with Gasteiger partial charge in [0.05, 0.1) is 11.4 Å². The molecule has 0 saturated heterocycles. The standard InChI is InChI=1S/C16H14N2O3S/c19-16(11-20-13-5-2-1-3-6-13)17-10-12-9-14(21-18-12)15-7-4-8-22-15/h1-9H,10-11H2,(H,17,19). The third-order valence-electron chi connectivity index (χ3n) is 2.90. The second-order valence-electron chi connectivity index (χ2n) is 4.54. The molecule has 3 aromatic rings. The highest BCUT2D eigenvalue weighted by Crippen LogP contribution is 2.24. The van der Waals surface area contributed by atoms with Crippen molar-refractivity contribution in [2.75, 3.05) is 6.61 Å². The van der Waals surface area contributed by atoms with Crippen molar-refractivity contribution in [3.63, 3.8) is 0 Å². The number of carbonyl (C=O) groups excluding carboxylic acids is 1. The Balaban J connectivity index is 1.47. The summed E-state index contributed by atoms with van der Waals surface area (Å²) in [5.41, 5.74) is 0.677. The zero-order valence-corrected chi connectivity index (χ0v) is 12.5. The van der Waals surface area contributed by atoms with Gasteiger partial charge in [0.25, 0.3) is 5.91 Å². The van der Waals surface area contributed by atoms with Gasteiger partial charge < -0.3 is 14.6 Å². The molecule has 0 bridgehead atoms. The highest BCUT2D eigenvalue weighted by Gasteiger charge is 2.09. The predicted octanol–water partition coefficient (Wildman–Crippen LogP) is 3.10. The van der Waals surface area contributed by atoms with Crippen LogP contribution in [-0.4, -0.2) is 17.7 Å². The van der Waals surface area contributed by atoms with Gasteiger partial charge in [0.1, 0.15) is 11.4 Å². The van der Waals surface area contributed by atoms with Gasteiger partial charge >= 0.3 is 0 Å². The molecule has 0 aliphatic rings. The fourth-order valence-corrected chi connectivity index (χ4v) is 2.51. The molecule has 0 aliphatic heterocycles. The van der Waals surface area contributed by atoms with E-state index in [1.807, 2.05) is 41.8 Å². The zero-order valence-electron chi connectivity index (χ0n) is 11.7. The lowest BCUT2D eigenvalue weighted by Crippen LogP contribution is -2.28. The highest BCUT2D eigenvalue weighted by molar-refractivity contribution is 7.13. The van der Waals surface area contributed by atoms with Gasteiger partial charge in [-0.05, 0) is 23.6 Å². The van der Waals surface area contributed by atoms with E-state index in [1.54, 1.807) is 23.5 Å². The number of benzene rings is 1. The van der Waals surface area contributed by atoms with Crippen molar-refractivity contribution >= 4 is 17.2 Å². The van der Waals surface area contributed by atoms with E-state index in [-0.39, 0.29) is 12.5 Å². The Labute approximate surface area is 131 Å². The summed E-state index contributed by atoms with van der Waals surface area (Å²) in [7, 11) is 0. The summed E-state index contributed by atoms with van der Waals surface area (Å²) >= 11 is 1.58. The average molecular weight is 314 g/mol. The van der Waals surface area contributed by atoms with Crippen molar-refractivity contribution in [1.29, 1.82) is 0 Å². The number of rotatable bonds is 6. The maximum atomic E-state index is 11.7. The van der Waals surface area contributed by atoms with Crippen LogP contribution >= 0.6 is 11.3 Å². The maximum Gasteiger partial charge on any atom is 0.258 e. The Hall–Kier alpha value is -2.60. The SMILES string of the molecule is O=C(COc1ccccc1)NCc1cc(-c2cccs2)on1. The lowest BCUT2D eigenvalue weighted by Gasteiger charge is -2.05. The summed E-state index contributed by atoms with van der Waals surface area (Å²) in [6.45, 7) is 0.283. The minimum Gasteiger partial charge on any atom is -0.484 e. The number of para-hydroxylation sites is 1. The smallest absolute Gasteiger partial charge is 0.258 e. The van der Waals surface area contributed by atoms with Gasteiger partial charge in [0, 0.05) is 6.07 Å². The monoisotopic (exact) mass is 314 g/mol. The molecule has 0 saturated carbocycles. The number of nitrogens with one attached hydrogen (secondary N) is 1. The fourth-order valence-electron chi connectivity index (χ4n) is 1.84. The van der Waals surface area contributed by atoms with Crippen LogP contribution in [0.25, 0.3) is 10.6 Å². The van der Waals surface area contributed by atoms with Crippen LogP contribution in [0.1, 0.15) is 5.69 Å². The van der Waals surface area contributed by atoms with Gasteiger partial charge in [-0.25, -0.2) is 0 Å². The third kappa shape index (κ3) is 3.73. The van der Waals surface area contributed by atoms with Crippen molar-refractivity contribution in [2.45, 2.75) is 6.54 Å². The third-order valence-corrected chi connectivity index (χ3v) is 3.79. The Morgan fingerprint density at radius 1 is 1.23 bits per heavy atom. The number of hydrogen-bond donors (Lipinski definition) is 1. The van der Waals surface area contributed by atoms with E-state index in [1.165, 1.54) is 0 Å². The molecule has 2 aromatic heterocycles. The molecule has 1 N–H and O–H groups in total. The van der Waals surface area contributed by atoms with E-state index in [0.717, 1.165) is 4.88 Å². The molecule has 1 amide bonds. The van der Waals surface area contributed by atoms with Crippen LogP contribution in [0.4, 0.5) is 0 Å². The molecule has 5 nitrogen and oxygen atoms in total. The summed E-state index contributed by atoms with van der Waals surface area (Å²) in [6.07, 6.45) is 0. The molecule has 2 heterocycles. The molecule has 0 radical (unpaired) electrons. The normalized spacial score (nSPS) is 10.4. The van der Waals surface area contributed by atoms with Gasteiger partial charge in [-0.2, -0.15) is 0 Å². The summed E-state index contributed by atoms with van der Waals surface area (Å²) in [5, 5.41) is 8.66. The fraction of sp³-hybridized carbons (Fsp3) is 0.125. The van der Waals surface area contributed by atoms with E-state index in [4.69, 9.17) is 9.26 Å². The Kier molecular flexibility index (Phi) is 4.50. The van der Waals surface area contributed by atoms with E-state index in [9.17, 15) is 4.79 Å². The van der Waals surface area contributed by atoms with Gasteiger partial charge in [-0.15, -0.1) is 11.3 Å². The van der Waals surface area contributed by atoms with Crippen molar-refractivity contribution < 1.29 is 14.1 Å². The Morgan fingerprint density at radius 2 is 2.09 bits per heavy atom. The summed E-state index contributed by atoms with van der Waals surface area (Å²) in [4.78, 5) is 12.7. The second-order valence-corrected chi connectivity index (χ2v) is 5.49.